The van der Waals surface area contributed by atoms with Gasteiger partial charge in [-0.2, -0.15) is 0 Å². The summed E-state index contributed by atoms with van der Waals surface area (Å²) in [4.78, 5) is 18.2. The lowest BCUT2D eigenvalue weighted by molar-refractivity contribution is 0.0787. The van der Waals surface area contributed by atoms with Gasteiger partial charge in [-0.1, -0.05) is 6.07 Å². The Morgan fingerprint density at radius 3 is 2.73 bits per heavy atom. The SMILES string of the molecule is CS(=O)(=O)c1nc(C(=O)N2CC[C@@H](N)C2)c2ccccn12.Cl. The maximum Gasteiger partial charge on any atom is 0.274 e. The minimum Gasteiger partial charge on any atom is -0.336 e. The van der Waals surface area contributed by atoms with E-state index in [0.29, 0.717) is 18.6 Å². The van der Waals surface area contributed by atoms with E-state index in [4.69, 9.17) is 5.73 Å². The van der Waals surface area contributed by atoms with Gasteiger partial charge >= 0.3 is 0 Å². The largest absolute Gasteiger partial charge is 0.336 e. The summed E-state index contributed by atoms with van der Waals surface area (Å²) < 4.78 is 25.1. The van der Waals surface area contributed by atoms with Crippen molar-refractivity contribution in [1.82, 2.24) is 14.3 Å². The van der Waals surface area contributed by atoms with Crippen molar-refractivity contribution < 1.29 is 13.2 Å². The normalized spacial score (nSPS) is 18.5. The van der Waals surface area contributed by atoms with Crippen molar-refractivity contribution in [1.29, 1.82) is 0 Å². The molecule has 2 N–H and O–H groups in total. The molecule has 0 aliphatic carbocycles. The number of rotatable bonds is 2. The van der Waals surface area contributed by atoms with Gasteiger partial charge in [-0.05, 0) is 18.6 Å². The third kappa shape index (κ3) is 2.81. The second kappa shape index (κ2) is 5.86. The monoisotopic (exact) mass is 344 g/mol. The molecule has 1 amide bonds. The van der Waals surface area contributed by atoms with E-state index in [0.717, 1.165) is 12.7 Å². The number of pyridine rings is 1. The molecule has 120 valence electrons. The summed E-state index contributed by atoms with van der Waals surface area (Å²) in [5.74, 6) is -0.276. The smallest absolute Gasteiger partial charge is 0.274 e. The van der Waals surface area contributed by atoms with E-state index in [1.807, 2.05) is 0 Å². The average Bonchev–Trinajstić information content (AvgIpc) is 3.01. The van der Waals surface area contributed by atoms with Crippen molar-refractivity contribution in [3.05, 3.63) is 30.1 Å². The van der Waals surface area contributed by atoms with E-state index in [-0.39, 0.29) is 35.2 Å². The molecular formula is C13H17ClN4O3S. The van der Waals surface area contributed by atoms with E-state index < -0.39 is 9.84 Å². The minimum absolute atomic E-state index is 0. The van der Waals surface area contributed by atoms with Crippen LogP contribution in [0.3, 0.4) is 0 Å². The molecular weight excluding hydrogens is 328 g/mol. The molecule has 0 spiro atoms. The van der Waals surface area contributed by atoms with E-state index >= 15 is 0 Å². The predicted molar refractivity (Wildman–Crippen MR) is 84.0 cm³/mol. The van der Waals surface area contributed by atoms with Crippen molar-refractivity contribution in [2.24, 2.45) is 5.73 Å². The van der Waals surface area contributed by atoms with Crippen LogP contribution >= 0.6 is 12.4 Å². The first-order valence-corrected chi connectivity index (χ1v) is 8.49. The number of sulfone groups is 1. The molecule has 0 saturated carbocycles. The Labute approximate surface area is 134 Å². The Morgan fingerprint density at radius 2 is 2.14 bits per heavy atom. The highest BCUT2D eigenvalue weighted by Gasteiger charge is 2.29. The number of nitrogens with zero attached hydrogens (tertiary/aromatic N) is 3. The highest BCUT2D eigenvalue weighted by molar-refractivity contribution is 7.90. The maximum absolute atomic E-state index is 12.5. The molecule has 1 atom stereocenters. The fourth-order valence-electron chi connectivity index (χ4n) is 2.55. The molecule has 0 bridgehead atoms. The topological polar surface area (TPSA) is 97.8 Å². The van der Waals surface area contributed by atoms with Gasteiger partial charge in [0.1, 0.15) is 0 Å². The van der Waals surface area contributed by atoms with Crippen LogP contribution < -0.4 is 5.73 Å². The van der Waals surface area contributed by atoms with Gasteiger partial charge in [0, 0.05) is 31.6 Å². The zero-order chi connectivity index (χ0) is 15.2. The van der Waals surface area contributed by atoms with Crippen LogP contribution in [0.2, 0.25) is 0 Å². The molecule has 0 aromatic carbocycles. The number of likely N-dealkylation sites (tertiary alicyclic amines) is 1. The van der Waals surface area contributed by atoms with Crippen LogP contribution in [0.4, 0.5) is 0 Å². The molecule has 2 aromatic heterocycles. The lowest BCUT2D eigenvalue weighted by Crippen LogP contribution is -2.32. The molecule has 7 nitrogen and oxygen atoms in total. The Hall–Kier alpha value is -1.64. The first kappa shape index (κ1) is 16.7. The molecule has 0 unspecified atom stereocenters. The first-order chi connectivity index (χ1) is 9.88. The summed E-state index contributed by atoms with van der Waals surface area (Å²) in [5.41, 5.74) is 6.46. The molecule has 2 aromatic rings. The Morgan fingerprint density at radius 1 is 1.41 bits per heavy atom. The van der Waals surface area contributed by atoms with Crippen LogP contribution in [0.5, 0.6) is 0 Å². The lowest BCUT2D eigenvalue weighted by atomic mass is 10.3. The van der Waals surface area contributed by atoms with Crippen molar-refractivity contribution in [2.45, 2.75) is 17.6 Å². The number of carbonyl (C=O) groups excluding carboxylic acids is 1. The number of amides is 1. The maximum atomic E-state index is 12.5. The van der Waals surface area contributed by atoms with Crippen LogP contribution in [0.1, 0.15) is 16.9 Å². The van der Waals surface area contributed by atoms with Crippen LogP contribution in [0.15, 0.2) is 29.6 Å². The Balaban J connectivity index is 0.00000176. The molecule has 0 radical (unpaired) electrons. The number of hydrogen-bond acceptors (Lipinski definition) is 5. The summed E-state index contributed by atoms with van der Waals surface area (Å²) in [6.45, 7) is 1.04. The number of imidazole rings is 1. The van der Waals surface area contributed by atoms with Crippen molar-refractivity contribution in [3.63, 3.8) is 0 Å². The van der Waals surface area contributed by atoms with Gasteiger partial charge in [-0.3, -0.25) is 9.20 Å². The Kier molecular flexibility index (Phi) is 4.46. The number of carbonyl (C=O) groups is 1. The van der Waals surface area contributed by atoms with E-state index in [9.17, 15) is 13.2 Å². The molecule has 3 rings (SSSR count). The fourth-order valence-corrected chi connectivity index (χ4v) is 3.32. The highest BCUT2D eigenvalue weighted by atomic mass is 35.5. The van der Waals surface area contributed by atoms with Gasteiger partial charge in [-0.15, -0.1) is 12.4 Å². The van der Waals surface area contributed by atoms with Crippen molar-refractivity contribution in [2.75, 3.05) is 19.3 Å². The summed E-state index contributed by atoms with van der Waals surface area (Å²) in [5, 5.41) is -0.120. The summed E-state index contributed by atoms with van der Waals surface area (Å²) in [6, 6.07) is 5.10. The molecule has 22 heavy (non-hydrogen) atoms. The molecule has 1 aliphatic heterocycles. The molecule has 3 heterocycles. The van der Waals surface area contributed by atoms with Gasteiger partial charge in [0.2, 0.25) is 15.0 Å². The number of nitrogens with two attached hydrogens (primary N) is 1. The molecule has 9 heteroatoms. The minimum atomic E-state index is -3.52. The first-order valence-electron chi connectivity index (χ1n) is 6.60. The number of hydrogen-bond donors (Lipinski definition) is 1. The molecule has 1 fully saturated rings. The number of halogens is 1. The number of aromatic nitrogens is 2. The molecule has 1 aliphatic rings. The van der Waals surface area contributed by atoms with Crippen LogP contribution in [0.25, 0.3) is 5.52 Å². The molecule has 1 saturated heterocycles. The van der Waals surface area contributed by atoms with Gasteiger partial charge in [0.15, 0.2) is 5.69 Å². The second-order valence-electron chi connectivity index (χ2n) is 5.27. The summed E-state index contributed by atoms with van der Waals surface area (Å²) in [6.07, 6.45) is 3.41. The fraction of sp³-hybridized carbons (Fsp3) is 0.385. The van der Waals surface area contributed by atoms with Crippen LogP contribution in [0, 0.1) is 0 Å². The predicted octanol–water partition coefficient (Wildman–Crippen LogP) is 0.333. The Bertz CT molecular complexity index is 818. The third-order valence-electron chi connectivity index (χ3n) is 3.56. The van der Waals surface area contributed by atoms with Gasteiger partial charge in [0.05, 0.1) is 5.52 Å². The lowest BCUT2D eigenvalue weighted by Gasteiger charge is -2.14. The summed E-state index contributed by atoms with van der Waals surface area (Å²) >= 11 is 0. The zero-order valence-corrected chi connectivity index (χ0v) is 13.6. The van der Waals surface area contributed by atoms with Crippen LogP contribution in [-0.4, -0.2) is 54.0 Å². The van der Waals surface area contributed by atoms with Gasteiger partial charge in [0.25, 0.3) is 5.91 Å². The van der Waals surface area contributed by atoms with Gasteiger partial charge < -0.3 is 10.6 Å². The third-order valence-corrected chi connectivity index (χ3v) is 4.51. The van der Waals surface area contributed by atoms with Crippen molar-refractivity contribution >= 4 is 33.7 Å². The van der Waals surface area contributed by atoms with E-state index in [2.05, 4.69) is 4.98 Å². The highest BCUT2D eigenvalue weighted by Crippen LogP contribution is 2.20. The zero-order valence-electron chi connectivity index (χ0n) is 12.0. The average molecular weight is 345 g/mol. The second-order valence-corrected chi connectivity index (χ2v) is 7.18. The standard InChI is InChI=1S/C13H16N4O3S.ClH/c1-21(19,20)13-15-11(10-4-2-3-6-17(10)13)12(18)16-7-5-9(14)8-16;/h2-4,6,9H,5,7-8,14H2,1H3;1H/t9-;/m1./s1. The van der Waals surface area contributed by atoms with E-state index in [1.54, 1.807) is 29.3 Å². The number of fused-ring (bicyclic) bond motifs is 1. The quantitative estimate of drug-likeness (QED) is 0.846. The van der Waals surface area contributed by atoms with Gasteiger partial charge in [-0.25, -0.2) is 13.4 Å². The van der Waals surface area contributed by atoms with Crippen molar-refractivity contribution in [3.8, 4) is 0 Å². The van der Waals surface area contributed by atoms with E-state index in [1.165, 1.54) is 4.40 Å². The van der Waals surface area contributed by atoms with Crippen LogP contribution in [-0.2, 0) is 9.84 Å². The summed E-state index contributed by atoms with van der Waals surface area (Å²) in [7, 11) is -3.52.